The SMILES string of the molecule is CC(C)(C)CC1(N)CC1.Cl. The molecule has 1 aliphatic rings. The lowest BCUT2D eigenvalue weighted by atomic mass is 9.87. The van der Waals surface area contributed by atoms with Gasteiger partial charge in [-0.25, -0.2) is 0 Å². The van der Waals surface area contributed by atoms with Crippen molar-refractivity contribution in [2.75, 3.05) is 0 Å². The third-order valence-electron chi connectivity index (χ3n) is 1.77. The van der Waals surface area contributed by atoms with Gasteiger partial charge in [0.2, 0.25) is 0 Å². The molecule has 0 aromatic rings. The first-order valence-corrected chi connectivity index (χ1v) is 3.70. The highest BCUT2D eigenvalue weighted by molar-refractivity contribution is 5.85. The van der Waals surface area contributed by atoms with Gasteiger partial charge in [0.1, 0.15) is 0 Å². The van der Waals surface area contributed by atoms with Gasteiger partial charge < -0.3 is 5.73 Å². The second-order valence-corrected chi connectivity index (χ2v) is 4.60. The average molecular weight is 164 g/mol. The maximum atomic E-state index is 5.93. The van der Waals surface area contributed by atoms with Crippen LogP contribution < -0.4 is 5.73 Å². The first-order chi connectivity index (χ1) is 3.91. The Kier molecular flexibility index (Phi) is 2.77. The van der Waals surface area contributed by atoms with Gasteiger partial charge in [0.15, 0.2) is 0 Å². The molecule has 0 bridgehead atoms. The number of hydrogen-bond donors (Lipinski definition) is 1. The van der Waals surface area contributed by atoms with Crippen molar-refractivity contribution in [2.24, 2.45) is 11.1 Å². The molecule has 0 saturated heterocycles. The molecular weight excluding hydrogens is 146 g/mol. The molecule has 0 amide bonds. The summed E-state index contributed by atoms with van der Waals surface area (Å²) in [5.74, 6) is 0. The molecule has 0 aliphatic heterocycles. The molecule has 1 rings (SSSR count). The lowest BCUT2D eigenvalue weighted by Gasteiger charge is -2.22. The van der Waals surface area contributed by atoms with Crippen molar-refractivity contribution < 1.29 is 0 Å². The third-order valence-corrected chi connectivity index (χ3v) is 1.77. The van der Waals surface area contributed by atoms with Crippen LogP contribution in [0.25, 0.3) is 0 Å². The van der Waals surface area contributed by atoms with E-state index in [1.165, 1.54) is 19.3 Å². The smallest absolute Gasteiger partial charge is 0.0160 e. The van der Waals surface area contributed by atoms with E-state index in [1.807, 2.05) is 0 Å². The summed E-state index contributed by atoms with van der Waals surface area (Å²) in [6.07, 6.45) is 3.66. The molecule has 0 radical (unpaired) electrons. The fraction of sp³-hybridized carbons (Fsp3) is 1.00. The minimum atomic E-state index is 0. The second-order valence-electron chi connectivity index (χ2n) is 4.60. The molecule has 2 N–H and O–H groups in total. The quantitative estimate of drug-likeness (QED) is 0.631. The van der Waals surface area contributed by atoms with Crippen molar-refractivity contribution in [2.45, 2.75) is 45.6 Å². The number of rotatable bonds is 1. The van der Waals surface area contributed by atoms with E-state index >= 15 is 0 Å². The Morgan fingerprint density at radius 2 is 1.70 bits per heavy atom. The predicted molar refractivity (Wildman–Crippen MR) is 47.5 cm³/mol. The van der Waals surface area contributed by atoms with Crippen LogP contribution in [0.3, 0.4) is 0 Å². The van der Waals surface area contributed by atoms with E-state index in [-0.39, 0.29) is 17.9 Å². The molecule has 1 nitrogen and oxygen atoms in total. The zero-order valence-electron chi connectivity index (χ0n) is 7.11. The van der Waals surface area contributed by atoms with Crippen LogP contribution in [-0.2, 0) is 0 Å². The van der Waals surface area contributed by atoms with Gasteiger partial charge in [0, 0.05) is 5.54 Å². The number of hydrogen-bond acceptors (Lipinski definition) is 1. The van der Waals surface area contributed by atoms with Gasteiger partial charge in [-0.15, -0.1) is 12.4 Å². The molecule has 0 spiro atoms. The lowest BCUT2D eigenvalue weighted by molar-refractivity contribution is 0.330. The van der Waals surface area contributed by atoms with Gasteiger partial charge in [0.25, 0.3) is 0 Å². The van der Waals surface area contributed by atoms with Gasteiger partial charge in [0.05, 0.1) is 0 Å². The first kappa shape index (κ1) is 10.2. The van der Waals surface area contributed by atoms with Gasteiger partial charge in [-0.3, -0.25) is 0 Å². The standard InChI is InChI=1S/C8H17N.ClH/c1-7(2,3)6-8(9)4-5-8;/h4-6,9H2,1-3H3;1H. The van der Waals surface area contributed by atoms with Crippen molar-refractivity contribution in [1.82, 2.24) is 0 Å². The van der Waals surface area contributed by atoms with Crippen molar-refractivity contribution >= 4 is 12.4 Å². The van der Waals surface area contributed by atoms with E-state index in [2.05, 4.69) is 20.8 Å². The molecule has 1 aliphatic carbocycles. The van der Waals surface area contributed by atoms with Gasteiger partial charge in [-0.05, 0) is 24.7 Å². The third kappa shape index (κ3) is 3.43. The monoisotopic (exact) mass is 163 g/mol. The summed E-state index contributed by atoms with van der Waals surface area (Å²) in [6.45, 7) is 6.75. The zero-order chi connectivity index (χ0) is 7.12. The Labute approximate surface area is 69.8 Å². The summed E-state index contributed by atoms with van der Waals surface area (Å²) < 4.78 is 0. The van der Waals surface area contributed by atoms with Crippen molar-refractivity contribution in [3.63, 3.8) is 0 Å². The minimum absolute atomic E-state index is 0. The summed E-state index contributed by atoms with van der Waals surface area (Å²) >= 11 is 0. The first-order valence-electron chi connectivity index (χ1n) is 3.70. The van der Waals surface area contributed by atoms with E-state index in [0.717, 1.165) is 0 Å². The molecule has 62 valence electrons. The Balaban J connectivity index is 0.000000810. The van der Waals surface area contributed by atoms with Crippen LogP contribution in [-0.4, -0.2) is 5.54 Å². The van der Waals surface area contributed by atoms with Crippen LogP contribution in [0.1, 0.15) is 40.0 Å². The second kappa shape index (κ2) is 2.71. The van der Waals surface area contributed by atoms with Gasteiger partial charge in [-0.1, -0.05) is 20.8 Å². The molecule has 0 aromatic carbocycles. The summed E-state index contributed by atoms with van der Waals surface area (Å²) in [5, 5.41) is 0. The molecular formula is C8H18ClN. The van der Waals surface area contributed by atoms with Gasteiger partial charge >= 0.3 is 0 Å². The molecule has 1 fully saturated rings. The topological polar surface area (TPSA) is 26.0 Å². The van der Waals surface area contributed by atoms with E-state index in [4.69, 9.17) is 5.73 Å². The molecule has 0 unspecified atom stereocenters. The largest absolute Gasteiger partial charge is 0.325 e. The van der Waals surface area contributed by atoms with Crippen molar-refractivity contribution in [1.29, 1.82) is 0 Å². The molecule has 0 heterocycles. The maximum Gasteiger partial charge on any atom is 0.0160 e. The summed E-state index contributed by atoms with van der Waals surface area (Å²) in [7, 11) is 0. The van der Waals surface area contributed by atoms with Crippen LogP contribution in [0, 0.1) is 5.41 Å². The van der Waals surface area contributed by atoms with Crippen LogP contribution in [0.2, 0.25) is 0 Å². The summed E-state index contributed by atoms with van der Waals surface area (Å²) in [6, 6.07) is 0. The van der Waals surface area contributed by atoms with Crippen LogP contribution in [0.15, 0.2) is 0 Å². The highest BCUT2D eigenvalue weighted by Gasteiger charge is 2.40. The van der Waals surface area contributed by atoms with Crippen molar-refractivity contribution in [3.8, 4) is 0 Å². The van der Waals surface area contributed by atoms with Crippen LogP contribution >= 0.6 is 12.4 Å². The molecule has 10 heavy (non-hydrogen) atoms. The molecule has 0 aromatic heterocycles. The minimum Gasteiger partial charge on any atom is -0.325 e. The maximum absolute atomic E-state index is 5.93. The summed E-state index contributed by atoms with van der Waals surface area (Å²) in [5.41, 5.74) is 6.59. The number of halogens is 1. The highest BCUT2D eigenvalue weighted by Crippen LogP contribution is 2.41. The van der Waals surface area contributed by atoms with Crippen molar-refractivity contribution in [3.05, 3.63) is 0 Å². The van der Waals surface area contributed by atoms with E-state index in [1.54, 1.807) is 0 Å². The average Bonchev–Trinajstić information content (AvgIpc) is 2.12. The van der Waals surface area contributed by atoms with E-state index < -0.39 is 0 Å². The fourth-order valence-electron chi connectivity index (χ4n) is 1.39. The zero-order valence-corrected chi connectivity index (χ0v) is 7.92. The Bertz CT molecular complexity index is 108. The summed E-state index contributed by atoms with van der Waals surface area (Å²) in [4.78, 5) is 0. The number of nitrogens with two attached hydrogens (primary N) is 1. The molecule has 1 saturated carbocycles. The lowest BCUT2D eigenvalue weighted by Crippen LogP contribution is -2.27. The highest BCUT2D eigenvalue weighted by atomic mass is 35.5. The van der Waals surface area contributed by atoms with Crippen LogP contribution in [0.5, 0.6) is 0 Å². The van der Waals surface area contributed by atoms with Crippen LogP contribution in [0.4, 0.5) is 0 Å². The Morgan fingerprint density at radius 1 is 1.30 bits per heavy atom. The Hall–Kier alpha value is 0.250. The van der Waals surface area contributed by atoms with E-state index in [0.29, 0.717) is 5.41 Å². The van der Waals surface area contributed by atoms with Gasteiger partial charge in [-0.2, -0.15) is 0 Å². The molecule has 0 atom stereocenters. The predicted octanol–water partition coefficient (Wildman–Crippen LogP) is 2.34. The Morgan fingerprint density at radius 3 is 1.80 bits per heavy atom. The fourth-order valence-corrected chi connectivity index (χ4v) is 1.39. The van der Waals surface area contributed by atoms with E-state index in [9.17, 15) is 0 Å². The normalized spacial score (nSPS) is 21.6. The molecule has 2 heteroatoms.